The maximum absolute atomic E-state index is 10.5. The third-order valence-corrected chi connectivity index (χ3v) is 3.44. The molecule has 0 unspecified atom stereocenters. The Bertz CT molecular complexity index is 1050. The van der Waals surface area contributed by atoms with Gasteiger partial charge in [0.25, 0.3) is 0 Å². The molecule has 11 nitrogen and oxygen atoms in total. The summed E-state index contributed by atoms with van der Waals surface area (Å²) in [5.41, 5.74) is -3.68. The maximum atomic E-state index is 10.5. The van der Waals surface area contributed by atoms with E-state index in [1.807, 2.05) is 36.4 Å². The van der Waals surface area contributed by atoms with Crippen molar-refractivity contribution in [3.8, 4) is 11.5 Å². The van der Waals surface area contributed by atoms with E-state index in [-0.39, 0.29) is 0 Å². The zero-order valence-corrected chi connectivity index (χ0v) is 13.4. The predicted molar refractivity (Wildman–Crippen MR) is 93.7 cm³/mol. The average Bonchev–Trinajstić information content (AvgIpc) is 2.61. The van der Waals surface area contributed by atoms with Crippen LogP contribution in [-0.2, 0) is 0 Å². The van der Waals surface area contributed by atoms with Crippen LogP contribution < -0.4 is 0 Å². The van der Waals surface area contributed by atoms with Gasteiger partial charge in [0.2, 0.25) is 5.75 Å². The molecule has 3 aromatic carbocycles. The second-order valence-electron chi connectivity index (χ2n) is 5.07. The second kappa shape index (κ2) is 7.74. The molecule has 0 saturated carbocycles. The minimum Gasteiger partial charge on any atom is -0.507 e. The molecular formula is C16H11N3O8. The Balaban J connectivity index is 0.000000206. The fourth-order valence-electron chi connectivity index (χ4n) is 2.27. The van der Waals surface area contributed by atoms with E-state index in [0.29, 0.717) is 17.9 Å². The minimum atomic E-state index is -1.34. The Kier molecular flexibility index (Phi) is 5.46. The van der Waals surface area contributed by atoms with Crippen molar-refractivity contribution >= 4 is 27.8 Å². The summed E-state index contributed by atoms with van der Waals surface area (Å²) in [7, 11) is 0. The molecule has 3 rings (SSSR count). The number of rotatable bonds is 3. The molecule has 0 radical (unpaired) electrons. The van der Waals surface area contributed by atoms with Gasteiger partial charge in [-0.15, -0.1) is 0 Å². The smallest absolute Gasteiger partial charge is 0.426 e. The zero-order chi connectivity index (χ0) is 20.1. The molecule has 0 atom stereocenters. The Morgan fingerprint density at radius 3 is 1.78 bits per heavy atom. The van der Waals surface area contributed by atoms with Gasteiger partial charge in [-0.2, -0.15) is 0 Å². The van der Waals surface area contributed by atoms with Crippen LogP contribution in [0.2, 0.25) is 0 Å². The van der Waals surface area contributed by atoms with Crippen LogP contribution in [0.15, 0.2) is 54.6 Å². The van der Waals surface area contributed by atoms with Crippen LogP contribution in [0.1, 0.15) is 0 Å². The van der Waals surface area contributed by atoms with Crippen molar-refractivity contribution in [1.82, 2.24) is 0 Å². The molecule has 2 N–H and O–H groups in total. The Morgan fingerprint density at radius 1 is 0.630 bits per heavy atom. The predicted octanol–water partition coefficient (Wildman–Crippen LogP) is 3.66. The van der Waals surface area contributed by atoms with Gasteiger partial charge in [0, 0.05) is 11.5 Å². The van der Waals surface area contributed by atoms with Crippen LogP contribution in [0, 0.1) is 30.3 Å². The van der Waals surface area contributed by atoms with Gasteiger partial charge in [-0.05, 0) is 17.5 Å². The average molecular weight is 373 g/mol. The van der Waals surface area contributed by atoms with Crippen LogP contribution in [0.5, 0.6) is 11.5 Å². The van der Waals surface area contributed by atoms with Gasteiger partial charge in [0.05, 0.1) is 14.8 Å². The third kappa shape index (κ3) is 4.04. The largest absolute Gasteiger partial charge is 0.507 e. The van der Waals surface area contributed by atoms with Gasteiger partial charge < -0.3 is 10.2 Å². The first-order chi connectivity index (χ1) is 12.7. The number of phenols is 2. The molecule has 0 aromatic heterocycles. The topological polar surface area (TPSA) is 170 Å². The zero-order valence-electron chi connectivity index (χ0n) is 13.4. The fraction of sp³-hybridized carbons (Fsp3) is 0. The highest BCUT2D eigenvalue weighted by atomic mass is 16.6. The molecule has 0 fully saturated rings. The molecule has 0 bridgehead atoms. The Hall–Kier alpha value is -4.28. The van der Waals surface area contributed by atoms with E-state index in [1.165, 1.54) is 0 Å². The van der Waals surface area contributed by atoms with Crippen LogP contribution >= 0.6 is 0 Å². The third-order valence-electron chi connectivity index (χ3n) is 3.44. The number of fused-ring (bicyclic) bond motifs is 1. The molecule has 0 heterocycles. The summed E-state index contributed by atoms with van der Waals surface area (Å²) in [5, 5.41) is 51.7. The molecule has 0 aliphatic carbocycles. The van der Waals surface area contributed by atoms with E-state index < -0.39 is 37.6 Å². The molecule has 138 valence electrons. The normalized spacial score (nSPS) is 9.93. The standard InChI is InChI=1S/C10H8O.C6H3N3O7/c11-10-7-3-5-8-4-1-2-6-9(8)10;10-4-2-1-3(7(11)12)5(8(13)14)6(4)9(15)16/h1-7,11H;1-2,10H. The molecule has 0 aliphatic rings. The fourth-order valence-corrected chi connectivity index (χ4v) is 2.27. The maximum Gasteiger partial charge on any atom is 0.426 e. The van der Waals surface area contributed by atoms with Gasteiger partial charge in [0.15, 0.2) is 0 Å². The van der Waals surface area contributed by atoms with Crippen molar-refractivity contribution in [1.29, 1.82) is 0 Å². The summed E-state index contributed by atoms with van der Waals surface area (Å²) in [6.45, 7) is 0. The van der Waals surface area contributed by atoms with Crippen molar-refractivity contribution in [2.75, 3.05) is 0 Å². The SMILES string of the molecule is O=[N+]([O-])c1ccc(O)c([N+](=O)[O-])c1[N+](=O)[O-].Oc1cccc2ccccc12. The van der Waals surface area contributed by atoms with E-state index in [2.05, 4.69) is 0 Å². The molecule has 11 heteroatoms. The molecular weight excluding hydrogens is 362 g/mol. The number of benzene rings is 3. The lowest BCUT2D eigenvalue weighted by Gasteiger charge is -1.98. The van der Waals surface area contributed by atoms with Gasteiger partial charge in [-0.3, -0.25) is 30.3 Å². The first kappa shape index (κ1) is 19.1. The lowest BCUT2D eigenvalue weighted by molar-refractivity contribution is -0.441. The summed E-state index contributed by atoms with van der Waals surface area (Å²) in [5.74, 6) is -0.648. The van der Waals surface area contributed by atoms with Crippen LogP contribution in [0.4, 0.5) is 17.1 Å². The number of nitro benzene ring substituents is 3. The van der Waals surface area contributed by atoms with Crippen LogP contribution in [0.3, 0.4) is 0 Å². The monoisotopic (exact) mass is 373 g/mol. The van der Waals surface area contributed by atoms with E-state index >= 15 is 0 Å². The van der Waals surface area contributed by atoms with Gasteiger partial charge in [-0.25, -0.2) is 0 Å². The molecule has 0 saturated heterocycles. The first-order valence-electron chi connectivity index (χ1n) is 7.20. The van der Waals surface area contributed by atoms with Crippen molar-refractivity contribution in [2.45, 2.75) is 0 Å². The minimum absolute atomic E-state index is 0.350. The Morgan fingerprint density at radius 2 is 1.22 bits per heavy atom. The van der Waals surface area contributed by atoms with Gasteiger partial charge in [0.1, 0.15) is 5.75 Å². The van der Waals surface area contributed by atoms with Crippen molar-refractivity contribution in [3.63, 3.8) is 0 Å². The highest BCUT2D eigenvalue weighted by molar-refractivity contribution is 5.87. The lowest BCUT2D eigenvalue weighted by atomic mass is 10.1. The number of nitrogens with zero attached hydrogens (tertiary/aromatic N) is 3. The number of hydrogen-bond donors (Lipinski definition) is 2. The summed E-state index contributed by atoms with van der Waals surface area (Å²) >= 11 is 0. The molecule has 0 amide bonds. The van der Waals surface area contributed by atoms with Crippen molar-refractivity contribution < 1.29 is 25.0 Å². The van der Waals surface area contributed by atoms with Crippen molar-refractivity contribution in [3.05, 3.63) is 84.9 Å². The number of hydrogen-bond acceptors (Lipinski definition) is 8. The molecule has 3 aromatic rings. The van der Waals surface area contributed by atoms with Gasteiger partial charge >= 0.3 is 17.1 Å². The molecule has 0 aliphatic heterocycles. The van der Waals surface area contributed by atoms with Crippen LogP contribution in [0.25, 0.3) is 10.8 Å². The van der Waals surface area contributed by atoms with Gasteiger partial charge in [-0.1, -0.05) is 36.4 Å². The van der Waals surface area contributed by atoms with E-state index in [9.17, 15) is 35.4 Å². The van der Waals surface area contributed by atoms with Crippen molar-refractivity contribution in [2.24, 2.45) is 0 Å². The molecule has 27 heavy (non-hydrogen) atoms. The van der Waals surface area contributed by atoms with E-state index in [4.69, 9.17) is 5.11 Å². The quantitative estimate of drug-likeness (QED) is 0.517. The highest BCUT2D eigenvalue weighted by Gasteiger charge is 2.38. The number of phenolic OH excluding ortho intramolecular Hbond substituents is 2. The number of aromatic hydroxyl groups is 2. The molecule has 0 spiro atoms. The van der Waals surface area contributed by atoms with E-state index in [0.717, 1.165) is 10.8 Å². The summed E-state index contributed by atoms with van der Waals surface area (Å²) in [6, 6.07) is 14.6. The Labute approximate surface area is 150 Å². The highest BCUT2D eigenvalue weighted by Crippen LogP contribution is 2.42. The summed E-state index contributed by atoms with van der Waals surface area (Å²) in [4.78, 5) is 27.7. The number of nitro groups is 3. The second-order valence-corrected chi connectivity index (χ2v) is 5.07. The summed E-state index contributed by atoms with van der Waals surface area (Å²) in [6.07, 6.45) is 0. The first-order valence-corrected chi connectivity index (χ1v) is 7.20. The summed E-state index contributed by atoms with van der Waals surface area (Å²) < 4.78 is 0. The van der Waals surface area contributed by atoms with Crippen LogP contribution in [-0.4, -0.2) is 25.0 Å². The van der Waals surface area contributed by atoms with E-state index in [1.54, 1.807) is 6.07 Å². The lowest BCUT2D eigenvalue weighted by Crippen LogP contribution is -2.01.